The molecule has 0 saturated heterocycles. The third-order valence-electron chi connectivity index (χ3n) is 3.17. The Labute approximate surface area is 137 Å². The maximum atomic E-state index is 12.0. The van der Waals surface area contributed by atoms with Gasteiger partial charge >= 0.3 is 5.97 Å². The van der Waals surface area contributed by atoms with Gasteiger partial charge < -0.3 is 10.4 Å². The lowest BCUT2D eigenvalue weighted by atomic mass is 10.1. The van der Waals surface area contributed by atoms with E-state index in [1.54, 1.807) is 0 Å². The van der Waals surface area contributed by atoms with Crippen LogP contribution in [0.5, 0.6) is 0 Å². The fourth-order valence-electron chi connectivity index (χ4n) is 2.13. The molecule has 0 aliphatic rings. The average Bonchev–Trinajstić information content (AvgIpc) is 2.47. The number of nitrogens with one attached hydrogen (secondary N) is 1. The molecule has 0 spiro atoms. The van der Waals surface area contributed by atoms with E-state index < -0.39 is 12.0 Å². The van der Waals surface area contributed by atoms with Crippen LogP contribution in [0, 0.1) is 0 Å². The highest BCUT2D eigenvalue weighted by Gasteiger charge is 2.20. The summed E-state index contributed by atoms with van der Waals surface area (Å²) in [5.41, 5.74) is 1.70. The minimum atomic E-state index is -1.04. The van der Waals surface area contributed by atoms with Crippen molar-refractivity contribution in [2.24, 2.45) is 0 Å². The molecule has 0 saturated carbocycles. The van der Waals surface area contributed by atoms with Crippen LogP contribution in [0.25, 0.3) is 0 Å². The number of rotatable bonds is 6. The summed E-state index contributed by atoms with van der Waals surface area (Å²) >= 11 is 3.35. The minimum absolute atomic E-state index is 0.170. The largest absolute Gasteiger partial charge is 0.480 e. The van der Waals surface area contributed by atoms with Gasteiger partial charge in [0, 0.05) is 10.9 Å². The molecule has 2 N–H and O–H groups in total. The molecule has 4 nitrogen and oxygen atoms in total. The zero-order chi connectivity index (χ0) is 15.9. The van der Waals surface area contributed by atoms with Gasteiger partial charge in [0.25, 0.3) is 0 Å². The molecule has 114 valence electrons. The normalized spacial score (nSPS) is 11.7. The molecule has 0 aliphatic carbocycles. The molecular formula is C17H16BrNO3. The van der Waals surface area contributed by atoms with Gasteiger partial charge in [0.1, 0.15) is 6.04 Å². The molecule has 0 aliphatic heterocycles. The van der Waals surface area contributed by atoms with E-state index in [9.17, 15) is 14.7 Å². The maximum Gasteiger partial charge on any atom is 0.326 e. The summed E-state index contributed by atoms with van der Waals surface area (Å²) in [6.07, 6.45) is 0.415. The van der Waals surface area contributed by atoms with Crippen molar-refractivity contribution in [1.29, 1.82) is 0 Å². The minimum Gasteiger partial charge on any atom is -0.480 e. The molecule has 22 heavy (non-hydrogen) atoms. The van der Waals surface area contributed by atoms with Gasteiger partial charge in [-0.1, -0.05) is 58.4 Å². The molecule has 0 aromatic heterocycles. The van der Waals surface area contributed by atoms with Gasteiger partial charge in [0.15, 0.2) is 0 Å². The van der Waals surface area contributed by atoms with Crippen LogP contribution in [0.3, 0.4) is 0 Å². The molecule has 0 heterocycles. The first-order valence-electron chi connectivity index (χ1n) is 6.85. The van der Waals surface area contributed by atoms with Crippen LogP contribution in [0.2, 0.25) is 0 Å². The van der Waals surface area contributed by atoms with Crippen LogP contribution in [-0.4, -0.2) is 23.0 Å². The van der Waals surface area contributed by atoms with Gasteiger partial charge in [-0.05, 0) is 23.3 Å². The Hall–Kier alpha value is -2.14. The first-order chi connectivity index (χ1) is 10.5. The third kappa shape index (κ3) is 5.00. The Morgan fingerprint density at radius 3 is 2.36 bits per heavy atom. The lowest BCUT2D eigenvalue weighted by Crippen LogP contribution is -2.43. The second-order valence-corrected chi connectivity index (χ2v) is 5.87. The number of amides is 1. The summed E-state index contributed by atoms with van der Waals surface area (Å²) in [7, 11) is 0. The van der Waals surface area contributed by atoms with Crippen LogP contribution in [0.4, 0.5) is 0 Å². The number of halogens is 1. The van der Waals surface area contributed by atoms with E-state index in [0.717, 1.165) is 15.6 Å². The van der Waals surface area contributed by atoms with Crippen molar-refractivity contribution in [3.8, 4) is 0 Å². The van der Waals surface area contributed by atoms with E-state index in [2.05, 4.69) is 21.2 Å². The highest BCUT2D eigenvalue weighted by molar-refractivity contribution is 9.10. The summed E-state index contributed by atoms with van der Waals surface area (Å²) in [5, 5.41) is 11.9. The van der Waals surface area contributed by atoms with Crippen molar-refractivity contribution in [3.63, 3.8) is 0 Å². The third-order valence-corrected chi connectivity index (χ3v) is 3.66. The second-order valence-electron chi connectivity index (χ2n) is 4.95. The van der Waals surface area contributed by atoms with Crippen molar-refractivity contribution < 1.29 is 14.7 Å². The van der Waals surface area contributed by atoms with Gasteiger partial charge in [0.2, 0.25) is 5.91 Å². The fourth-order valence-corrected chi connectivity index (χ4v) is 2.57. The molecule has 1 amide bonds. The summed E-state index contributed by atoms with van der Waals surface area (Å²) in [6.45, 7) is 0. The quantitative estimate of drug-likeness (QED) is 0.831. The van der Waals surface area contributed by atoms with Gasteiger partial charge in [-0.2, -0.15) is 0 Å². The lowest BCUT2D eigenvalue weighted by molar-refractivity contribution is -0.141. The van der Waals surface area contributed by atoms with E-state index in [1.807, 2.05) is 54.6 Å². The lowest BCUT2D eigenvalue weighted by Gasteiger charge is -2.15. The smallest absolute Gasteiger partial charge is 0.326 e. The number of carbonyl (C=O) groups excluding carboxylic acids is 1. The molecule has 0 bridgehead atoms. The van der Waals surface area contributed by atoms with Gasteiger partial charge in [0.05, 0.1) is 6.42 Å². The summed E-state index contributed by atoms with van der Waals surface area (Å²) in [5.74, 6) is -1.34. The molecular weight excluding hydrogens is 346 g/mol. The van der Waals surface area contributed by atoms with Crippen molar-refractivity contribution in [2.45, 2.75) is 18.9 Å². The summed E-state index contributed by atoms with van der Waals surface area (Å²) < 4.78 is 0.879. The Morgan fingerprint density at radius 1 is 1.05 bits per heavy atom. The number of benzene rings is 2. The monoisotopic (exact) mass is 361 g/mol. The Bertz CT molecular complexity index is 658. The average molecular weight is 362 g/mol. The highest BCUT2D eigenvalue weighted by Crippen LogP contribution is 2.13. The fraction of sp³-hybridized carbons (Fsp3) is 0.176. The van der Waals surface area contributed by atoms with Gasteiger partial charge in [-0.15, -0.1) is 0 Å². The Kier molecular flexibility index (Phi) is 5.72. The SMILES string of the molecule is O=C(Cc1ccccc1)NC(Cc1cccc(Br)c1)C(=O)O. The number of carbonyl (C=O) groups is 2. The summed E-state index contributed by atoms with van der Waals surface area (Å²) in [6, 6.07) is 15.7. The van der Waals surface area contributed by atoms with Crippen LogP contribution in [-0.2, 0) is 22.4 Å². The molecule has 2 aromatic rings. The number of carboxylic acid groups (broad SMARTS) is 1. The topological polar surface area (TPSA) is 66.4 Å². The molecule has 0 radical (unpaired) electrons. The molecule has 0 fully saturated rings. The maximum absolute atomic E-state index is 12.0. The van der Waals surface area contributed by atoms with Gasteiger partial charge in [-0.3, -0.25) is 4.79 Å². The second kappa shape index (κ2) is 7.75. The van der Waals surface area contributed by atoms with Crippen molar-refractivity contribution >= 4 is 27.8 Å². The van der Waals surface area contributed by atoms with Crippen LogP contribution < -0.4 is 5.32 Å². The van der Waals surface area contributed by atoms with E-state index in [-0.39, 0.29) is 18.7 Å². The molecule has 1 unspecified atom stereocenters. The van der Waals surface area contributed by atoms with Crippen molar-refractivity contribution in [2.75, 3.05) is 0 Å². The predicted octanol–water partition coefficient (Wildman–Crippen LogP) is 2.80. The highest BCUT2D eigenvalue weighted by atomic mass is 79.9. The summed E-state index contributed by atoms with van der Waals surface area (Å²) in [4.78, 5) is 23.4. The zero-order valence-corrected chi connectivity index (χ0v) is 13.4. The van der Waals surface area contributed by atoms with Crippen molar-refractivity contribution in [3.05, 3.63) is 70.2 Å². The van der Waals surface area contributed by atoms with E-state index >= 15 is 0 Å². The molecule has 2 aromatic carbocycles. The van der Waals surface area contributed by atoms with Crippen LogP contribution >= 0.6 is 15.9 Å². The van der Waals surface area contributed by atoms with E-state index in [4.69, 9.17) is 0 Å². The number of hydrogen-bond acceptors (Lipinski definition) is 2. The van der Waals surface area contributed by atoms with Crippen LogP contribution in [0.15, 0.2) is 59.1 Å². The molecule has 5 heteroatoms. The predicted molar refractivity (Wildman–Crippen MR) is 87.6 cm³/mol. The number of aliphatic carboxylic acids is 1. The first kappa shape index (κ1) is 16.2. The number of hydrogen-bond donors (Lipinski definition) is 2. The molecule has 1 atom stereocenters. The standard InChI is InChI=1S/C17H16BrNO3/c18-14-8-4-7-13(9-14)10-15(17(21)22)19-16(20)11-12-5-2-1-3-6-12/h1-9,15H,10-11H2,(H,19,20)(H,21,22). The van der Waals surface area contributed by atoms with Crippen molar-refractivity contribution in [1.82, 2.24) is 5.32 Å². The first-order valence-corrected chi connectivity index (χ1v) is 7.64. The zero-order valence-electron chi connectivity index (χ0n) is 11.8. The van der Waals surface area contributed by atoms with E-state index in [1.165, 1.54) is 0 Å². The van der Waals surface area contributed by atoms with Crippen LogP contribution in [0.1, 0.15) is 11.1 Å². The van der Waals surface area contributed by atoms with Gasteiger partial charge in [-0.25, -0.2) is 4.79 Å². The van der Waals surface area contributed by atoms with E-state index in [0.29, 0.717) is 0 Å². The Morgan fingerprint density at radius 2 is 1.73 bits per heavy atom. The molecule has 2 rings (SSSR count). The number of carboxylic acids is 1. The Balaban J connectivity index is 1.99.